The monoisotopic (exact) mass is 454 g/mol. The van der Waals surface area contributed by atoms with Crippen molar-refractivity contribution < 1.29 is 22.7 Å². The number of carbonyl (C=O) groups is 1. The van der Waals surface area contributed by atoms with Crippen LogP contribution in [0.2, 0.25) is 0 Å². The van der Waals surface area contributed by atoms with E-state index in [1.165, 1.54) is 24.3 Å². The summed E-state index contributed by atoms with van der Waals surface area (Å²) in [6, 6.07) is 18.8. The second kappa shape index (κ2) is 10.2. The zero-order chi connectivity index (χ0) is 23.1. The first-order chi connectivity index (χ1) is 15.2. The molecule has 168 valence electrons. The first-order valence-corrected chi connectivity index (χ1v) is 11.5. The Kier molecular flexibility index (Phi) is 7.37. The smallest absolute Gasteiger partial charge is 0.261 e. The average molecular weight is 455 g/mol. The van der Waals surface area contributed by atoms with E-state index >= 15 is 0 Å². The van der Waals surface area contributed by atoms with E-state index in [1.54, 1.807) is 19.2 Å². The van der Waals surface area contributed by atoms with Gasteiger partial charge in [0.15, 0.2) is 6.61 Å². The van der Waals surface area contributed by atoms with Gasteiger partial charge in [-0.05, 0) is 79.1 Å². The summed E-state index contributed by atoms with van der Waals surface area (Å²) in [5, 5.41) is 2.77. The molecule has 0 bridgehead atoms. The van der Waals surface area contributed by atoms with E-state index < -0.39 is 10.0 Å². The molecule has 2 N–H and O–H groups in total. The number of sulfonamides is 1. The maximum absolute atomic E-state index is 12.6. The molecule has 0 aliphatic carbocycles. The normalized spacial score (nSPS) is 11.0. The molecule has 0 fully saturated rings. The fraction of sp³-hybridized carbons (Fsp3) is 0.208. The molecular formula is C24H26N2O5S. The van der Waals surface area contributed by atoms with Crippen LogP contribution in [-0.4, -0.2) is 28.0 Å². The Morgan fingerprint density at radius 2 is 1.47 bits per heavy atom. The van der Waals surface area contributed by atoms with Gasteiger partial charge in [-0.25, -0.2) is 8.42 Å². The Morgan fingerprint density at radius 3 is 2.06 bits per heavy atom. The highest BCUT2D eigenvalue weighted by molar-refractivity contribution is 7.92. The standard InChI is InChI=1S/C24H26N2O5S/c1-17-12-18(2)14-20(13-17)26-32(28,29)23-10-8-22(9-11-23)31-16-24(27)25-15-19-4-6-21(30-3)7-5-19/h4-14,26H,15-16H2,1-3H3,(H,25,27). The van der Waals surface area contributed by atoms with E-state index in [0.717, 1.165) is 22.4 Å². The molecule has 0 atom stereocenters. The van der Waals surface area contributed by atoms with Crippen molar-refractivity contribution >= 4 is 21.6 Å². The molecule has 0 unspecified atom stereocenters. The van der Waals surface area contributed by atoms with Gasteiger partial charge in [-0.3, -0.25) is 9.52 Å². The number of nitrogens with one attached hydrogen (secondary N) is 2. The summed E-state index contributed by atoms with van der Waals surface area (Å²) in [4.78, 5) is 12.1. The third-order valence-electron chi connectivity index (χ3n) is 4.63. The van der Waals surface area contributed by atoms with Crippen LogP contribution in [0.4, 0.5) is 5.69 Å². The van der Waals surface area contributed by atoms with E-state index in [1.807, 2.05) is 44.2 Å². The molecule has 7 nitrogen and oxygen atoms in total. The fourth-order valence-corrected chi connectivity index (χ4v) is 4.15. The number of anilines is 1. The van der Waals surface area contributed by atoms with Gasteiger partial charge in [0.05, 0.1) is 12.0 Å². The Morgan fingerprint density at radius 1 is 0.875 bits per heavy atom. The number of benzene rings is 3. The lowest BCUT2D eigenvalue weighted by molar-refractivity contribution is -0.123. The van der Waals surface area contributed by atoms with Gasteiger partial charge in [0.1, 0.15) is 11.5 Å². The SMILES string of the molecule is COc1ccc(CNC(=O)COc2ccc(S(=O)(=O)Nc3cc(C)cc(C)c3)cc2)cc1. The van der Waals surface area contributed by atoms with Crippen LogP contribution >= 0.6 is 0 Å². The lowest BCUT2D eigenvalue weighted by atomic mass is 10.1. The van der Waals surface area contributed by atoms with Crippen LogP contribution in [-0.2, 0) is 21.4 Å². The number of aryl methyl sites for hydroxylation is 2. The van der Waals surface area contributed by atoms with Crippen molar-refractivity contribution in [2.45, 2.75) is 25.3 Å². The lowest BCUT2D eigenvalue weighted by Gasteiger charge is -2.11. The van der Waals surface area contributed by atoms with Crippen molar-refractivity contribution in [3.05, 3.63) is 83.4 Å². The van der Waals surface area contributed by atoms with E-state index in [-0.39, 0.29) is 17.4 Å². The minimum atomic E-state index is -3.73. The maximum atomic E-state index is 12.6. The highest BCUT2D eigenvalue weighted by atomic mass is 32.2. The van der Waals surface area contributed by atoms with Gasteiger partial charge >= 0.3 is 0 Å². The topological polar surface area (TPSA) is 93.7 Å². The summed E-state index contributed by atoms with van der Waals surface area (Å²) >= 11 is 0. The summed E-state index contributed by atoms with van der Waals surface area (Å²) in [5.74, 6) is 0.863. The number of methoxy groups -OCH3 is 1. The molecule has 32 heavy (non-hydrogen) atoms. The number of hydrogen-bond acceptors (Lipinski definition) is 5. The van der Waals surface area contributed by atoms with Crippen molar-refractivity contribution in [2.75, 3.05) is 18.4 Å². The average Bonchev–Trinajstić information content (AvgIpc) is 2.76. The molecule has 0 aliphatic heterocycles. The van der Waals surface area contributed by atoms with E-state index in [9.17, 15) is 13.2 Å². The number of ether oxygens (including phenoxy) is 2. The fourth-order valence-electron chi connectivity index (χ4n) is 3.11. The zero-order valence-electron chi connectivity index (χ0n) is 18.2. The second-order valence-corrected chi connectivity index (χ2v) is 9.05. The van der Waals surface area contributed by atoms with Crippen LogP contribution in [0.1, 0.15) is 16.7 Å². The first-order valence-electron chi connectivity index (χ1n) is 9.99. The van der Waals surface area contributed by atoms with Crippen LogP contribution in [0.5, 0.6) is 11.5 Å². The van der Waals surface area contributed by atoms with Crippen LogP contribution in [0.25, 0.3) is 0 Å². The Hall–Kier alpha value is -3.52. The summed E-state index contributed by atoms with van der Waals surface area (Å²) in [6.07, 6.45) is 0. The van der Waals surface area contributed by atoms with Crippen LogP contribution in [0, 0.1) is 13.8 Å². The third kappa shape index (κ3) is 6.49. The Bertz CT molecular complexity index is 1150. The summed E-state index contributed by atoms with van der Waals surface area (Å²) in [7, 11) is -2.14. The van der Waals surface area contributed by atoms with Crippen LogP contribution in [0.15, 0.2) is 71.6 Å². The predicted molar refractivity (Wildman–Crippen MR) is 124 cm³/mol. The van der Waals surface area contributed by atoms with Gasteiger partial charge in [-0.2, -0.15) is 0 Å². The van der Waals surface area contributed by atoms with Gasteiger partial charge < -0.3 is 14.8 Å². The molecule has 1 amide bonds. The van der Waals surface area contributed by atoms with Crippen molar-refractivity contribution in [1.29, 1.82) is 0 Å². The van der Waals surface area contributed by atoms with Crippen molar-refractivity contribution in [2.24, 2.45) is 0 Å². The molecule has 0 heterocycles. The van der Waals surface area contributed by atoms with Crippen LogP contribution < -0.4 is 19.5 Å². The van der Waals surface area contributed by atoms with E-state index in [4.69, 9.17) is 9.47 Å². The molecule has 3 rings (SSSR count). The summed E-state index contributed by atoms with van der Waals surface area (Å²) in [6.45, 7) is 4.00. The minimum absolute atomic E-state index is 0.105. The minimum Gasteiger partial charge on any atom is -0.497 e. The molecule has 3 aromatic carbocycles. The molecule has 0 aliphatic rings. The number of carbonyl (C=O) groups excluding carboxylic acids is 1. The van der Waals surface area contributed by atoms with Gasteiger partial charge in [-0.1, -0.05) is 18.2 Å². The van der Waals surface area contributed by atoms with Gasteiger partial charge in [0.2, 0.25) is 0 Å². The predicted octanol–water partition coefficient (Wildman–Crippen LogP) is 3.81. The molecule has 3 aromatic rings. The largest absolute Gasteiger partial charge is 0.497 e. The Labute approximate surface area is 188 Å². The van der Waals surface area contributed by atoms with Crippen molar-refractivity contribution in [1.82, 2.24) is 5.32 Å². The molecule has 0 aromatic heterocycles. The molecule has 8 heteroatoms. The second-order valence-electron chi connectivity index (χ2n) is 7.37. The third-order valence-corrected chi connectivity index (χ3v) is 6.02. The van der Waals surface area contributed by atoms with Gasteiger partial charge in [-0.15, -0.1) is 0 Å². The highest BCUT2D eigenvalue weighted by Crippen LogP contribution is 2.21. The molecule has 0 radical (unpaired) electrons. The summed E-state index contributed by atoms with van der Waals surface area (Å²) < 4.78 is 38.4. The Balaban J connectivity index is 1.52. The van der Waals surface area contributed by atoms with Crippen molar-refractivity contribution in [3.8, 4) is 11.5 Å². The van der Waals surface area contributed by atoms with Crippen molar-refractivity contribution in [3.63, 3.8) is 0 Å². The molecule has 0 spiro atoms. The number of rotatable bonds is 9. The van der Waals surface area contributed by atoms with Crippen LogP contribution in [0.3, 0.4) is 0 Å². The lowest BCUT2D eigenvalue weighted by Crippen LogP contribution is -2.28. The zero-order valence-corrected chi connectivity index (χ0v) is 19.0. The quantitative estimate of drug-likeness (QED) is 0.513. The first kappa shape index (κ1) is 23.1. The summed E-state index contributed by atoms with van der Waals surface area (Å²) in [5.41, 5.74) is 3.38. The van der Waals surface area contributed by atoms with Gasteiger partial charge in [0.25, 0.3) is 15.9 Å². The number of hydrogen-bond donors (Lipinski definition) is 2. The number of amides is 1. The maximum Gasteiger partial charge on any atom is 0.261 e. The highest BCUT2D eigenvalue weighted by Gasteiger charge is 2.15. The van der Waals surface area contributed by atoms with E-state index in [0.29, 0.717) is 18.0 Å². The van der Waals surface area contributed by atoms with Gasteiger partial charge in [0, 0.05) is 12.2 Å². The molecule has 0 saturated carbocycles. The molecular weight excluding hydrogens is 428 g/mol. The van der Waals surface area contributed by atoms with E-state index in [2.05, 4.69) is 10.0 Å². The molecule has 0 saturated heterocycles.